The van der Waals surface area contributed by atoms with Crippen LogP contribution in [0.15, 0.2) is 24.3 Å². The molecule has 4 nitrogen and oxygen atoms in total. The molecule has 0 bridgehead atoms. The van der Waals surface area contributed by atoms with Crippen molar-refractivity contribution < 1.29 is 4.79 Å². The van der Waals surface area contributed by atoms with Crippen molar-refractivity contribution in [1.82, 2.24) is 5.32 Å². The van der Waals surface area contributed by atoms with Gasteiger partial charge in [-0.3, -0.25) is 4.79 Å². The number of nitrogens with zero attached hydrogens (tertiary/aromatic N) is 1. The fraction of sp³-hybridized carbons (Fsp3) is 0.429. The first-order valence-corrected chi connectivity index (χ1v) is 6.23. The van der Waals surface area contributed by atoms with Gasteiger partial charge in [0.25, 0.3) is 0 Å². The zero-order valence-corrected chi connectivity index (χ0v) is 10.7. The van der Waals surface area contributed by atoms with Gasteiger partial charge >= 0.3 is 0 Å². The summed E-state index contributed by atoms with van der Waals surface area (Å²) in [5.41, 5.74) is 2.24. The number of carbonyl (C=O) groups excluding carboxylic acids is 1. The van der Waals surface area contributed by atoms with E-state index in [-0.39, 0.29) is 12.5 Å². The van der Waals surface area contributed by atoms with Crippen molar-refractivity contribution in [1.29, 1.82) is 5.26 Å². The summed E-state index contributed by atoms with van der Waals surface area (Å²) in [4.78, 5) is 11.5. The van der Waals surface area contributed by atoms with Crippen molar-refractivity contribution in [3.8, 4) is 6.07 Å². The zero-order chi connectivity index (χ0) is 13.2. The number of nitrogens with one attached hydrogen (secondary N) is 2. The molecule has 0 aliphatic heterocycles. The van der Waals surface area contributed by atoms with Crippen LogP contribution in [0.2, 0.25) is 0 Å². The Bertz CT molecular complexity index is 423. The molecule has 1 rings (SSSR count). The second-order valence-corrected chi connectivity index (χ2v) is 4.02. The fourth-order valence-corrected chi connectivity index (χ4v) is 1.68. The maximum absolute atomic E-state index is 11.5. The molecule has 0 spiro atoms. The number of hydrogen-bond acceptors (Lipinski definition) is 3. The second-order valence-electron chi connectivity index (χ2n) is 4.02. The number of amides is 1. The van der Waals surface area contributed by atoms with Gasteiger partial charge in [-0.15, -0.1) is 0 Å². The molecular weight excluding hydrogens is 226 g/mol. The number of carbonyl (C=O) groups is 1. The normalized spacial score (nSPS) is 9.56. The molecule has 0 radical (unpaired) electrons. The predicted octanol–water partition coefficient (Wildman–Crippen LogP) is 2.08. The van der Waals surface area contributed by atoms with E-state index in [1.165, 1.54) is 5.56 Å². The molecule has 2 N–H and O–H groups in total. The summed E-state index contributed by atoms with van der Waals surface area (Å²) in [6.45, 7) is 2.78. The van der Waals surface area contributed by atoms with E-state index in [1.54, 1.807) is 0 Å². The molecule has 96 valence electrons. The number of nitriles is 1. The molecule has 1 amide bonds. The third kappa shape index (κ3) is 4.88. The minimum atomic E-state index is -0.0865. The highest BCUT2D eigenvalue weighted by atomic mass is 16.1. The van der Waals surface area contributed by atoms with E-state index < -0.39 is 0 Å². The van der Waals surface area contributed by atoms with Crippen LogP contribution < -0.4 is 10.6 Å². The first-order valence-electron chi connectivity index (χ1n) is 6.23. The Labute approximate surface area is 108 Å². The predicted molar refractivity (Wildman–Crippen MR) is 72.2 cm³/mol. The zero-order valence-electron chi connectivity index (χ0n) is 10.7. The smallest absolute Gasteiger partial charge is 0.239 e. The quantitative estimate of drug-likeness (QED) is 0.723. The Kier molecular flexibility index (Phi) is 6.34. The van der Waals surface area contributed by atoms with Gasteiger partial charge in [-0.1, -0.05) is 31.5 Å². The van der Waals surface area contributed by atoms with Crippen LogP contribution in [-0.2, 0) is 11.2 Å². The summed E-state index contributed by atoms with van der Waals surface area (Å²) < 4.78 is 0. The molecule has 0 aliphatic carbocycles. The summed E-state index contributed by atoms with van der Waals surface area (Å²) in [5.74, 6) is -0.0865. The molecular formula is C14H19N3O. The molecule has 0 fully saturated rings. The fourth-order valence-electron chi connectivity index (χ4n) is 1.68. The van der Waals surface area contributed by atoms with Gasteiger partial charge in [0.2, 0.25) is 5.91 Å². The SMILES string of the molecule is CCCc1ccccc1NCC(=O)NCCC#N. The summed E-state index contributed by atoms with van der Waals surface area (Å²) >= 11 is 0. The number of anilines is 1. The van der Waals surface area contributed by atoms with Crippen molar-refractivity contribution in [2.24, 2.45) is 0 Å². The lowest BCUT2D eigenvalue weighted by atomic mass is 10.1. The topological polar surface area (TPSA) is 64.9 Å². The van der Waals surface area contributed by atoms with Gasteiger partial charge in [0.05, 0.1) is 19.0 Å². The largest absolute Gasteiger partial charge is 0.376 e. The molecule has 1 aromatic carbocycles. The van der Waals surface area contributed by atoms with Crippen LogP contribution in [-0.4, -0.2) is 19.0 Å². The molecule has 0 saturated carbocycles. The Morgan fingerprint density at radius 2 is 2.17 bits per heavy atom. The first kappa shape index (κ1) is 14.0. The highest BCUT2D eigenvalue weighted by molar-refractivity contribution is 5.80. The van der Waals surface area contributed by atoms with Gasteiger partial charge in [0.1, 0.15) is 0 Å². The number of para-hydroxylation sites is 1. The lowest BCUT2D eigenvalue weighted by Gasteiger charge is -2.11. The van der Waals surface area contributed by atoms with Crippen LogP contribution in [0.1, 0.15) is 25.3 Å². The number of rotatable bonds is 7. The highest BCUT2D eigenvalue weighted by Gasteiger charge is 2.03. The van der Waals surface area contributed by atoms with Crippen molar-refractivity contribution in [3.05, 3.63) is 29.8 Å². The van der Waals surface area contributed by atoms with E-state index in [0.717, 1.165) is 18.5 Å². The maximum atomic E-state index is 11.5. The van der Waals surface area contributed by atoms with E-state index in [4.69, 9.17) is 5.26 Å². The van der Waals surface area contributed by atoms with Crippen LogP contribution >= 0.6 is 0 Å². The number of hydrogen-bond donors (Lipinski definition) is 2. The second kappa shape index (κ2) is 8.13. The van der Waals surface area contributed by atoms with Gasteiger partial charge in [-0.05, 0) is 18.1 Å². The van der Waals surface area contributed by atoms with E-state index in [1.807, 2.05) is 24.3 Å². The maximum Gasteiger partial charge on any atom is 0.239 e. The van der Waals surface area contributed by atoms with Crippen molar-refractivity contribution in [2.45, 2.75) is 26.2 Å². The van der Waals surface area contributed by atoms with Crippen LogP contribution in [0.3, 0.4) is 0 Å². The lowest BCUT2D eigenvalue weighted by Crippen LogP contribution is -2.30. The summed E-state index contributed by atoms with van der Waals surface area (Å²) in [6.07, 6.45) is 2.42. The molecule has 0 atom stereocenters. The summed E-state index contributed by atoms with van der Waals surface area (Å²) in [5, 5.41) is 14.2. The molecule has 1 aromatic rings. The molecule has 0 unspecified atom stereocenters. The standard InChI is InChI=1S/C14H19N3O/c1-2-6-12-7-3-4-8-13(12)17-11-14(18)16-10-5-9-15/h3-4,7-8,17H,2,5-6,10-11H2,1H3,(H,16,18). The van der Waals surface area contributed by atoms with Crippen LogP contribution in [0.25, 0.3) is 0 Å². The third-order valence-corrected chi connectivity index (χ3v) is 2.54. The minimum absolute atomic E-state index is 0.0865. The Morgan fingerprint density at radius 1 is 1.39 bits per heavy atom. The van der Waals surface area contributed by atoms with E-state index in [9.17, 15) is 4.79 Å². The number of benzene rings is 1. The van der Waals surface area contributed by atoms with Crippen molar-refractivity contribution in [2.75, 3.05) is 18.4 Å². The molecule has 0 saturated heterocycles. The first-order chi connectivity index (χ1) is 8.77. The highest BCUT2D eigenvalue weighted by Crippen LogP contribution is 2.16. The minimum Gasteiger partial charge on any atom is -0.376 e. The van der Waals surface area contributed by atoms with Gasteiger partial charge in [-0.2, -0.15) is 5.26 Å². The molecule has 18 heavy (non-hydrogen) atoms. The Balaban J connectivity index is 2.43. The Morgan fingerprint density at radius 3 is 2.89 bits per heavy atom. The van der Waals surface area contributed by atoms with Crippen molar-refractivity contribution in [3.63, 3.8) is 0 Å². The van der Waals surface area contributed by atoms with Gasteiger partial charge < -0.3 is 10.6 Å². The molecule has 0 aromatic heterocycles. The van der Waals surface area contributed by atoms with Gasteiger partial charge in [0, 0.05) is 12.2 Å². The van der Waals surface area contributed by atoms with E-state index in [0.29, 0.717) is 13.0 Å². The van der Waals surface area contributed by atoms with E-state index >= 15 is 0 Å². The molecule has 0 aliphatic rings. The van der Waals surface area contributed by atoms with Crippen LogP contribution in [0.4, 0.5) is 5.69 Å². The van der Waals surface area contributed by atoms with Gasteiger partial charge in [-0.25, -0.2) is 0 Å². The molecule has 0 heterocycles. The van der Waals surface area contributed by atoms with Crippen LogP contribution in [0.5, 0.6) is 0 Å². The monoisotopic (exact) mass is 245 g/mol. The average molecular weight is 245 g/mol. The lowest BCUT2D eigenvalue weighted by molar-refractivity contribution is -0.119. The number of aryl methyl sites for hydroxylation is 1. The third-order valence-electron chi connectivity index (χ3n) is 2.54. The van der Waals surface area contributed by atoms with E-state index in [2.05, 4.69) is 23.6 Å². The van der Waals surface area contributed by atoms with Gasteiger partial charge in [0.15, 0.2) is 0 Å². The Hall–Kier alpha value is -2.02. The average Bonchev–Trinajstić information content (AvgIpc) is 2.38. The van der Waals surface area contributed by atoms with Crippen LogP contribution in [0, 0.1) is 11.3 Å². The summed E-state index contributed by atoms with van der Waals surface area (Å²) in [7, 11) is 0. The summed E-state index contributed by atoms with van der Waals surface area (Å²) in [6, 6.07) is 9.99. The molecule has 4 heteroatoms. The van der Waals surface area contributed by atoms with Crippen molar-refractivity contribution >= 4 is 11.6 Å².